The molecule has 1 spiro atoms. The summed E-state index contributed by atoms with van der Waals surface area (Å²) >= 11 is 0. The van der Waals surface area contributed by atoms with Crippen molar-refractivity contribution in [1.29, 1.82) is 0 Å². The van der Waals surface area contributed by atoms with Gasteiger partial charge in [-0.3, -0.25) is 0 Å². The minimum Gasteiger partial charge on any atom is -0.368 e. The predicted molar refractivity (Wildman–Crippen MR) is 93.4 cm³/mol. The largest absolute Gasteiger partial charge is 0.368 e. The van der Waals surface area contributed by atoms with Crippen molar-refractivity contribution in [2.24, 2.45) is 5.41 Å². The van der Waals surface area contributed by atoms with Crippen LogP contribution in [0.4, 0.5) is 5.69 Å². The topological polar surface area (TPSA) is 49.6 Å². The number of hydrogen-bond acceptors (Lipinski definition) is 5. The number of anilines is 1. The Bertz CT molecular complexity index is 741. The molecule has 24 heavy (non-hydrogen) atoms. The first-order valence-corrected chi connectivity index (χ1v) is 9.37. The molecule has 2 aromatic rings. The molecule has 128 valence electrons. The molecule has 3 fully saturated rings. The Morgan fingerprint density at radius 1 is 1.12 bits per heavy atom. The Hall–Kier alpha value is -1.69. The van der Waals surface area contributed by atoms with Gasteiger partial charge in [0.1, 0.15) is 6.33 Å². The molecule has 0 N–H and O–H groups in total. The lowest BCUT2D eigenvalue weighted by molar-refractivity contribution is 0.0822. The zero-order valence-corrected chi connectivity index (χ0v) is 14.5. The van der Waals surface area contributed by atoms with Gasteiger partial charge in [-0.15, -0.1) is 10.2 Å². The summed E-state index contributed by atoms with van der Waals surface area (Å²) < 4.78 is 1.88. The monoisotopic (exact) mass is 326 g/mol. The lowest BCUT2D eigenvalue weighted by Crippen LogP contribution is -2.48. The standard InChI is InChI=1S/C18H26N6/c1-22-8-2-5-18(12-22)6-9-23(10-7-18)16-11-15(14-3-4-14)21-24-13-19-20-17(16)24/h11,13-14H,2-10,12H2,1H3. The number of hydrogen-bond donors (Lipinski definition) is 0. The highest BCUT2D eigenvalue weighted by Crippen LogP contribution is 2.43. The third kappa shape index (κ3) is 2.48. The first-order valence-electron chi connectivity index (χ1n) is 9.37. The van der Waals surface area contributed by atoms with E-state index in [2.05, 4.69) is 33.1 Å². The number of fused-ring (bicyclic) bond motifs is 1. The van der Waals surface area contributed by atoms with Crippen LogP contribution in [-0.2, 0) is 0 Å². The highest BCUT2D eigenvalue weighted by Gasteiger charge is 2.38. The SMILES string of the molecule is CN1CCCC2(CCN(c3cc(C4CC4)nn4cnnc34)CC2)C1. The fourth-order valence-corrected chi connectivity index (χ4v) is 4.73. The van der Waals surface area contributed by atoms with E-state index >= 15 is 0 Å². The Labute approximate surface area is 142 Å². The smallest absolute Gasteiger partial charge is 0.200 e. The summed E-state index contributed by atoms with van der Waals surface area (Å²) in [6.45, 7) is 4.79. The second-order valence-corrected chi connectivity index (χ2v) is 8.16. The van der Waals surface area contributed by atoms with Gasteiger partial charge < -0.3 is 9.80 Å². The molecule has 3 aliphatic rings. The molecule has 2 aromatic heterocycles. The molecule has 0 aromatic carbocycles. The van der Waals surface area contributed by atoms with Gasteiger partial charge in [0.05, 0.1) is 11.4 Å². The lowest BCUT2D eigenvalue weighted by atomic mass is 9.72. The molecular formula is C18H26N6. The summed E-state index contributed by atoms with van der Waals surface area (Å²) in [6, 6.07) is 2.28. The fourth-order valence-electron chi connectivity index (χ4n) is 4.73. The molecular weight excluding hydrogens is 300 g/mol. The second kappa shape index (κ2) is 5.41. The molecule has 6 nitrogen and oxygen atoms in total. The molecule has 0 unspecified atom stereocenters. The number of nitrogens with zero attached hydrogens (tertiary/aromatic N) is 6. The van der Waals surface area contributed by atoms with Gasteiger partial charge >= 0.3 is 0 Å². The van der Waals surface area contributed by atoms with E-state index < -0.39 is 0 Å². The summed E-state index contributed by atoms with van der Waals surface area (Å²) in [7, 11) is 2.28. The van der Waals surface area contributed by atoms with E-state index in [0.29, 0.717) is 11.3 Å². The van der Waals surface area contributed by atoms with Crippen LogP contribution in [-0.4, -0.2) is 57.9 Å². The first kappa shape index (κ1) is 14.6. The number of piperidine rings is 2. The zero-order chi connectivity index (χ0) is 16.1. The Morgan fingerprint density at radius 2 is 1.96 bits per heavy atom. The van der Waals surface area contributed by atoms with E-state index in [1.807, 2.05) is 4.52 Å². The Balaban J connectivity index is 1.41. The molecule has 1 aliphatic carbocycles. The summed E-state index contributed by atoms with van der Waals surface area (Å²) in [5.74, 6) is 0.652. The van der Waals surface area contributed by atoms with Crippen molar-refractivity contribution in [3.05, 3.63) is 18.1 Å². The van der Waals surface area contributed by atoms with Crippen LogP contribution in [0.5, 0.6) is 0 Å². The van der Waals surface area contributed by atoms with Gasteiger partial charge in [-0.25, -0.2) is 0 Å². The van der Waals surface area contributed by atoms with E-state index in [1.165, 1.54) is 63.0 Å². The van der Waals surface area contributed by atoms with Gasteiger partial charge in [0.15, 0.2) is 0 Å². The minimum absolute atomic E-state index is 0.541. The van der Waals surface area contributed by atoms with Crippen molar-refractivity contribution in [2.75, 3.05) is 38.1 Å². The molecule has 0 radical (unpaired) electrons. The van der Waals surface area contributed by atoms with Crippen molar-refractivity contribution >= 4 is 11.3 Å². The number of aromatic nitrogens is 4. The summed E-state index contributed by atoms with van der Waals surface area (Å²) in [4.78, 5) is 5.05. The van der Waals surface area contributed by atoms with Gasteiger partial charge in [-0.2, -0.15) is 9.61 Å². The maximum absolute atomic E-state index is 4.70. The van der Waals surface area contributed by atoms with Crippen LogP contribution < -0.4 is 4.90 Å². The average molecular weight is 326 g/mol. The quantitative estimate of drug-likeness (QED) is 0.848. The zero-order valence-electron chi connectivity index (χ0n) is 14.5. The highest BCUT2D eigenvalue weighted by molar-refractivity contribution is 5.68. The Kier molecular flexibility index (Phi) is 3.30. The highest BCUT2D eigenvalue weighted by atomic mass is 15.4. The van der Waals surface area contributed by atoms with Gasteiger partial charge in [0.2, 0.25) is 5.65 Å². The van der Waals surface area contributed by atoms with Crippen molar-refractivity contribution in [3.63, 3.8) is 0 Å². The van der Waals surface area contributed by atoms with Gasteiger partial charge in [-0.1, -0.05) is 0 Å². The van der Waals surface area contributed by atoms with Crippen LogP contribution in [0.2, 0.25) is 0 Å². The molecule has 5 rings (SSSR count). The van der Waals surface area contributed by atoms with Crippen LogP contribution in [0.1, 0.15) is 50.1 Å². The van der Waals surface area contributed by atoms with Crippen molar-refractivity contribution in [2.45, 2.75) is 44.4 Å². The van der Waals surface area contributed by atoms with Crippen LogP contribution in [0.25, 0.3) is 5.65 Å². The van der Waals surface area contributed by atoms with Gasteiger partial charge in [0.25, 0.3) is 0 Å². The number of rotatable bonds is 2. The maximum atomic E-state index is 4.70. The van der Waals surface area contributed by atoms with Crippen LogP contribution in [0, 0.1) is 5.41 Å². The summed E-state index contributed by atoms with van der Waals surface area (Å²) in [5.41, 5.74) is 3.91. The Morgan fingerprint density at radius 3 is 2.71 bits per heavy atom. The van der Waals surface area contributed by atoms with E-state index in [-0.39, 0.29) is 0 Å². The average Bonchev–Trinajstić information content (AvgIpc) is 3.32. The molecule has 0 amide bonds. The van der Waals surface area contributed by atoms with E-state index in [0.717, 1.165) is 18.7 Å². The molecule has 6 heteroatoms. The molecule has 2 saturated heterocycles. The molecule has 2 aliphatic heterocycles. The van der Waals surface area contributed by atoms with Crippen LogP contribution in [0.3, 0.4) is 0 Å². The van der Waals surface area contributed by atoms with Crippen LogP contribution >= 0.6 is 0 Å². The van der Waals surface area contributed by atoms with Crippen LogP contribution in [0.15, 0.2) is 12.4 Å². The number of likely N-dealkylation sites (tertiary alicyclic amines) is 1. The molecule has 4 heterocycles. The molecule has 0 atom stereocenters. The summed E-state index contributed by atoms with van der Waals surface area (Å²) in [6.07, 6.45) is 9.62. The van der Waals surface area contributed by atoms with Crippen molar-refractivity contribution in [1.82, 2.24) is 24.7 Å². The van der Waals surface area contributed by atoms with E-state index in [4.69, 9.17) is 5.10 Å². The molecule has 0 bridgehead atoms. The van der Waals surface area contributed by atoms with E-state index in [9.17, 15) is 0 Å². The normalized spacial score (nSPS) is 24.8. The third-order valence-electron chi connectivity index (χ3n) is 6.28. The summed E-state index contributed by atoms with van der Waals surface area (Å²) in [5, 5.41) is 13.1. The maximum Gasteiger partial charge on any atom is 0.200 e. The second-order valence-electron chi connectivity index (χ2n) is 8.16. The lowest BCUT2D eigenvalue weighted by Gasteiger charge is -2.47. The van der Waals surface area contributed by atoms with Gasteiger partial charge in [0, 0.05) is 25.6 Å². The van der Waals surface area contributed by atoms with Crippen molar-refractivity contribution in [3.8, 4) is 0 Å². The van der Waals surface area contributed by atoms with Gasteiger partial charge in [-0.05, 0) is 63.6 Å². The molecule has 1 saturated carbocycles. The van der Waals surface area contributed by atoms with E-state index in [1.54, 1.807) is 6.33 Å². The predicted octanol–water partition coefficient (Wildman–Crippen LogP) is 2.31. The third-order valence-corrected chi connectivity index (χ3v) is 6.28. The fraction of sp³-hybridized carbons (Fsp3) is 0.722. The van der Waals surface area contributed by atoms with Crippen molar-refractivity contribution < 1.29 is 0 Å². The minimum atomic E-state index is 0.541. The first-order chi connectivity index (χ1) is 11.7.